The highest BCUT2D eigenvalue weighted by molar-refractivity contribution is 7.80. The summed E-state index contributed by atoms with van der Waals surface area (Å²) in [6.45, 7) is 8.39. The molecule has 1 heterocycles. The van der Waals surface area contributed by atoms with E-state index in [0.717, 1.165) is 17.7 Å². The number of thiocarbonyl (C=S) groups is 1. The first-order valence-corrected chi connectivity index (χ1v) is 9.55. The van der Waals surface area contributed by atoms with Gasteiger partial charge >= 0.3 is 5.97 Å². The number of unbranched alkanes of at least 4 members (excludes halogenated alkanes) is 2. The Labute approximate surface area is 161 Å². The van der Waals surface area contributed by atoms with E-state index in [1.165, 1.54) is 12.8 Å². The zero-order chi connectivity index (χ0) is 19.1. The maximum Gasteiger partial charge on any atom is 0.338 e. The largest absolute Gasteiger partial charge is 0.494 e. The van der Waals surface area contributed by atoms with E-state index >= 15 is 0 Å². The van der Waals surface area contributed by atoms with E-state index in [2.05, 4.69) is 17.6 Å². The molecule has 0 saturated carbocycles. The normalized spacial score (nSPS) is 17.0. The van der Waals surface area contributed by atoms with Crippen molar-refractivity contribution in [1.29, 1.82) is 0 Å². The highest BCUT2D eigenvalue weighted by Gasteiger charge is 2.31. The van der Waals surface area contributed by atoms with Crippen LogP contribution < -0.4 is 15.4 Å². The van der Waals surface area contributed by atoms with Gasteiger partial charge in [-0.3, -0.25) is 0 Å². The number of esters is 1. The van der Waals surface area contributed by atoms with Gasteiger partial charge in [0.15, 0.2) is 5.11 Å². The maximum absolute atomic E-state index is 12.6. The van der Waals surface area contributed by atoms with E-state index in [0.29, 0.717) is 23.0 Å². The van der Waals surface area contributed by atoms with Crippen molar-refractivity contribution in [3.8, 4) is 5.75 Å². The first-order valence-electron chi connectivity index (χ1n) is 9.14. The van der Waals surface area contributed by atoms with Gasteiger partial charge in [0, 0.05) is 5.70 Å². The van der Waals surface area contributed by atoms with Crippen molar-refractivity contribution in [2.75, 3.05) is 6.61 Å². The fourth-order valence-electron chi connectivity index (χ4n) is 2.79. The van der Waals surface area contributed by atoms with Gasteiger partial charge in [0.05, 0.1) is 24.3 Å². The van der Waals surface area contributed by atoms with Crippen LogP contribution in [0.25, 0.3) is 0 Å². The molecule has 1 aliphatic rings. The lowest BCUT2D eigenvalue weighted by molar-refractivity contribution is -0.143. The molecule has 0 amide bonds. The minimum absolute atomic E-state index is 0.184. The van der Waals surface area contributed by atoms with Gasteiger partial charge in [-0.15, -0.1) is 0 Å². The molecule has 142 valence electrons. The molecule has 1 aliphatic heterocycles. The molecule has 2 N–H and O–H groups in total. The van der Waals surface area contributed by atoms with Gasteiger partial charge in [-0.1, -0.05) is 31.9 Å². The van der Waals surface area contributed by atoms with E-state index in [4.69, 9.17) is 21.7 Å². The van der Waals surface area contributed by atoms with Crippen molar-refractivity contribution in [3.63, 3.8) is 0 Å². The van der Waals surface area contributed by atoms with Crippen molar-refractivity contribution in [1.82, 2.24) is 10.6 Å². The van der Waals surface area contributed by atoms with Crippen LogP contribution in [-0.2, 0) is 9.53 Å². The maximum atomic E-state index is 12.6. The molecule has 0 radical (unpaired) electrons. The molecule has 1 aromatic rings. The number of benzene rings is 1. The number of ether oxygens (including phenoxy) is 2. The molecular formula is C20H28N2O3S. The van der Waals surface area contributed by atoms with Crippen molar-refractivity contribution < 1.29 is 14.3 Å². The predicted octanol–water partition coefficient (Wildman–Crippen LogP) is 4.00. The number of allylic oxidation sites excluding steroid dienone is 1. The molecule has 6 heteroatoms. The van der Waals surface area contributed by atoms with Crippen LogP contribution in [0.1, 0.15) is 58.6 Å². The van der Waals surface area contributed by atoms with Crippen LogP contribution in [0, 0.1) is 0 Å². The van der Waals surface area contributed by atoms with Gasteiger partial charge in [0.2, 0.25) is 0 Å². The van der Waals surface area contributed by atoms with Gasteiger partial charge in [-0.2, -0.15) is 0 Å². The second-order valence-electron chi connectivity index (χ2n) is 6.65. The third-order valence-corrected chi connectivity index (χ3v) is 4.28. The Morgan fingerprint density at radius 3 is 2.54 bits per heavy atom. The molecule has 5 nitrogen and oxygen atoms in total. The summed E-state index contributed by atoms with van der Waals surface area (Å²) < 4.78 is 11.2. The summed E-state index contributed by atoms with van der Waals surface area (Å²) >= 11 is 5.26. The number of carbonyl (C=O) groups excluding carboxylic acids is 1. The second kappa shape index (κ2) is 9.57. The molecule has 0 aliphatic carbocycles. The fraction of sp³-hybridized carbons (Fsp3) is 0.500. The van der Waals surface area contributed by atoms with Crippen molar-refractivity contribution >= 4 is 23.3 Å². The second-order valence-corrected chi connectivity index (χ2v) is 7.06. The molecule has 1 unspecified atom stereocenters. The highest BCUT2D eigenvalue weighted by atomic mass is 32.1. The van der Waals surface area contributed by atoms with Gasteiger partial charge in [-0.25, -0.2) is 4.79 Å². The van der Waals surface area contributed by atoms with Crippen LogP contribution in [0.15, 0.2) is 35.5 Å². The van der Waals surface area contributed by atoms with E-state index in [9.17, 15) is 4.79 Å². The molecule has 0 aromatic heterocycles. The molecule has 26 heavy (non-hydrogen) atoms. The lowest BCUT2D eigenvalue weighted by Gasteiger charge is -2.30. The average molecular weight is 377 g/mol. The van der Waals surface area contributed by atoms with Crippen molar-refractivity contribution in [2.45, 2.75) is 59.1 Å². The van der Waals surface area contributed by atoms with Crippen molar-refractivity contribution in [3.05, 3.63) is 41.1 Å². The number of hydrogen-bond acceptors (Lipinski definition) is 4. The molecule has 0 bridgehead atoms. The highest BCUT2D eigenvalue weighted by Crippen LogP contribution is 2.29. The Morgan fingerprint density at radius 2 is 1.92 bits per heavy atom. The number of hydrogen-bond donors (Lipinski definition) is 2. The smallest absolute Gasteiger partial charge is 0.338 e. The van der Waals surface area contributed by atoms with Gasteiger partial charge in [0.25, 0.3) is 0 Å². The average Bonchev–Trinajstić information content (AvgIpc) is 2.58. The van der Waals surface area contributed by atoms with E-state index < -0.39 is 0 Å². The Balaban J connectivity index is 2.17. The third kappa shape index (κ3) is 5.46. The minimum atomic E-state index is -0.343. The number of carbonyl (C=O) groups is 1. The molecule has 1 atom stereocenters. The molecule has 0 spiro atoms. The first-order chi connectivity index (χ1) is 12.4. The predicted molar refractivity (Wildman–Crippen MR) is 107 cm³/mol. The Kier molecular flexibility index (Phi) is 7.45. The molecular weight excluding hydrogens is 348 g/mol. The monoisotopic (exact) mass is 376 g/mol. The molecule has 0 fully saturated rings. The van der Waals surface area contributed by atoms with E-state index in [1.807, 2.05) is 45.0 Å². The topological polar surface area (TPSA) is 59.6 Å². The van der Waals surface area contributed by atoms with Gasteiger partial charge in [0.1, 0.15) is 5.75 Å². The van der Waals surface area contributed by atoms with Crippen LogP contribution in [0.2, 0.25) is 0 Å². The third-order valence-electron chi connectivity index (χ3n) is 4.06. The van der Waals surface area contributed by atoms with Crippen molar-refractivity contribution in [2.24, 2.45) is 0 Å². The lowest BCUT2D eigenvalue weighted by atomic mass is 9.95. The Morgan fingerprint density at radius 1 is 1.23 bits per heavy atom. The van der Waals surface area contributed by atoms with Crippen LogP contribution in [-0.4, -0.2) is 23.8 Å². The summed E-state index contributed by atoms with van der Waals surface area (Å²) in [5.74, 6) is 0.485. The minimum Gasteiger partial charge on any atom is -0.494 e. The van der Waals surface area contributed by atoms with Crippen LogP contribution in [0.5, 0.6) is 5.75 Å². The number of rotatable bonds is 8. The SMILES string of the molecule is CCCCCOc1ccc(C2NC(=S)NC(C)=C2C(=O)OC(C)C)cc1. The van der Waals surface area contributed by atoms with Gasteiger partial charge in [-0.05, 0) is 57.1 Å². The van der Waals surface area contributed by atoms with Crippen LogP contribution in [0.4, 0.5) is 0 Å². The quantitative estimate of drug-likeness (QED) is 0.406. The van der Waals surface area contributed by atoms with E-state index in [-0.39, 0.29) is 18.1 Å². The van der Waals surface area contributed by atoms with Crippen LogP contribution in [0.3, 0.4) is 0 Å². The standard InChI is InChI=1S/C20H28N2O3S/c1-5-6-7-12-24-16-10-8-15(9-11-16)18-17(19(23)25-13(2)3)14(4)21-20(26)22-18/h8-11,13,18H,5-7,12H2,1-4H3,(H2,21,22,26). The lowest BCUT2D eigenvalue weighted by Crippen LogP contribution is -2.45. The summed E-state index contributed by atoms with van der Waals surface area (Å²) in [5, 5.41) is 6.67. The summed E-state index contributed by atoms with van der Waals surface area (Å²) in [7, 11) is 0. The summed E-state index contributed by atoms with van der Waals surface area (Å²) in [4.78, 5) is 12.6. The summed E-state index contributed by atoms with van der Waals surface area (Å²) in [6.07, 6.45) is 3.20. The number of nitrogens with one attached hydrogen (secondary N) is 2. The molecule has 1 aromatic carbocycles. The molecule has 0 saturated heterocycles. The summed E-state index contributed by atoms with van der Waals surface area (Å²) in [6, 6.07) is 7.42. The zero-order valence-corrected chi connectivity index (χ0v) is 16.7. The van der Waals surface area contributed by atoms with E-state index in [1.54, 1.807) is 0 Å². The van der Waals surface area contributed by atoms with Crippen LogP contribution >= 0.6 is 12.2 Å². The fourth-order valence-corrected chi connectivity index (χ4v) is 3.06. The van der Waals surface area contributed by atoms with Gasteiger partial charge < -0.3 is 20.1 Å². The Hall–Kier alpha value is -2.08. The molecule has 2 rings (SSSR count). The summed E-state index contributed by atoms with van der Waals surface area (Å²) in [5.41, 5.74) is 2.19. The Bertz CT molecular complexity index is 668. The first kappa shape index (κ1) is 20.2. The zero-order valence-electron chi connectivity index (χ0n) is 15.9.